The molecule has 0 radical (unpaired) electrons. The van der Waals surface area contributed by atoms with Crippen molar-refractivity contribution in [2.24, 2.45) is 0 Å². The van der Waals surface area contributed by atoms with Gasteiger partial charge in [-0.3, -0.25) is 0 Å². The largest absolute Gasteiger partial charge is 0.132 e. The van der Waals surface area contributed by atoms with E-state index in [4.69, 9.17) is 0 Å². The first-order valence-electron chi connectivity index (χ1n) is 4.07. The fourth-order valence-corrected chi connectivity index (χ4v) is 13.6. The van der Waals surface area contributed by atoms with E-state index in [2.05, 4.69) is 61.8 Å². The Bertz CT molecular complexity index is 155. The zero-order valence-electron chi connectivity index (χ0n) is 8.32. The van der Waals surface area contributed by atoms with Crippen LogP contribution in [0.25, 0.3) is 0 Å². The summed E-state index contributed by atoms with van der Waals surface area (Å²) in [6.07, 6.45) is 0. The van der Waals surface area contributed by atoms with Crippen molar-refractivity contribution < 1.29 is 0 Å². The van der Waals surface area contributed by atoms with E-state index >= 15 is 0 Å². The van der Waals surface area contributed by atoms with Gasteiger partial charge in [-0.25, -0.2) is 0 Å². The molecule has 0 unspecified atom stereocenters. The number of rotatable bonds is 0. The van der Waals surface area contributed by atoms with Gasteiger partial charge in [-0.05, 0) is 18.9 Å². The first-order chi connectivity index (χ1) is 4.71. The first-order valence-corrected chi connectivity index (χ1v) is 9.95. The Morgan fingerprint density at radius 2 is 1.45 bits per heavy atom. The van der Waals surface area contributed by atoms with Crippen molar-refractivity contribution in [1.82, 2.24) is 0 Å². The predicted octanol–water partition coefficient (Wildman–Crippen LogP) is 4.15. The molecule has 0 atom stereocenters. The summed E-state index contributed by atoms with van der Waals surface area (Å²) in [5, 5.41) is 0.551. The second kappa shape index (κ2) is 2.45. The molecular weight excluding hydrogens is 188 g/mol. The van der Waals surface area contributed by atoms with E-state index in [0.29, 0.717) is 9.79 Å². The number of hydrogen-bond donors (Lipinski definition) is 0. The molecule has 0 nitrogen and oxygen atoms in total. The van der Waals surface area contributed by atoms with Crippen LogP contribution in [-0.2, 0) is 0 Å². The van der Waals surface area contributed by atoms with Gasteiger partial charge >= 0.3 is 0 Å². The van der Waals surface area contributed by atoms with Gasteiger partial charge in [0, 0.05) is 4.75 Å². The van der Waals surface area contributed by atoms with Crippen LogP contribution in [0.3, 0.4) is 0 Å². The Labute approximate surface area is 79.0 Å². The van der Waals surface area contributed by atoms with Gasteiger partial charge in [0.2, 0.25) is 0 Å². The molecular formula is C8H18S2Si. The quantitative estimate of drug-likeness (QED) is 0.431. The highest BCUT2D eigenvalue weighted by Gasteiger charge is 2.56. The van der Waals surface area contributed by atoms with Gasteiger partial charge in [0.15, 0.2) is 0 Å². The fraction of sp³-hybridized carbons (Fsp3) is 1.00. The van der Waals surface area contributed by atoms with Gasteiger partial charge in [0.1, 0.15) is 7.22 Å². The highest BCUT2D eigenvalue weighted by Crippen LogP contribution is 2.68. The lowest BCUT2D eigenvalue weighted by atomic mass is 9.98. The highest BCUT2D eigenvalue weighted by molar-refractivity contribution is 8.89. The maximum atomic E-state index is 2.49. The molecule has 0 aromatic rings. The van der Waals surface area contributed by atoms with Crippen molar-refractivity contribution in [2.75, 3.05) is 0 Å². The third-order valence-corrected chi connectivity index (χ3v) is 17.5. The molecule has 0 spiro atoms. The molecule has 1 saturated heterocycles. The van der Waals surface area contributed by atoms with E-state index in [1.54, 1.807) is 0 Å². The molecule has 0 saturated carbocycles. The van der Waals surface area contributed by atoms with Crippen LogP contribution in [0, 0.1) is 0 Å². The fourth-order valence-electron chi connectivity index (χ4n) is 1.14. The summed E-state index contributed by atoms with van der Waals surface area (Å²) in [5.41, 5.74) is 0. The first kappa shape index (κ1) is 10.0. The summed E-state index contributed by atoms with van der Waals surface area (Å²) in [6.45, 7) is 14.6. The SMILES string of the molecule is CC1(C)SS[Si](C)(C)C1(C)C. The van der Waals surface area contributed by atoms with Crippen LogP contribution in [0.15, 0.2) is 0 Å². The standard InChI is InChI=1S/C8H18S2Si/c1-7(2)8(3,4)11(5,6)10-9-7/h1-6H3. The topological polar surface area (TPSA) is 0 Å². The molecule has 1 aliphatic heterocycles. The minimum Gasteiger partial charge on any atom is -0.120 e. The van der Waals surface area contributed by atoms with Gasteiger partial charge in [0.05, 0.1) is 0 Å². The van der Waals surface area contributed by atoms with E-state index in [9.17, 15) is 0 Å². The Hall–Kier alpha value is 0.917. The summed E-state index contributed by atoms with van der Waals surface area (Å²) in [5.74, 6) is 0. The van der Waals surface area contributed by atoms with Gasteiger partial charge in [0.25, 0.3) is 0 Å². The van der Waals surface area contributed by atoms with Gasteiger partial charge in [-0.1, -0.05) is 37.7 Å². The van der Waals surface area contributed by atoms with Gasteiger partial charge in [-0.15, -0.1) is 10.2 Å². The van der Waals surface area contributed by atoms with E-state index in [1.165, 1.54) is 0 Å². The van der Waals surface area contributed by atoms with Crippen molar-refractivity contribution in [2.45, 2.75) is 50.6 Å². The Morgan fingerprint density at radius 3 is 1.55 bits per heavy atom. The van der Waals surface area contributed by atoms with Crippen molar-refractivity contribution in [1.29, 1.82) is 0 Å². The zero-order chi connectivity index (χ0) is 8.91. The minimum atomic E-state index is -1.02. The molecule has 11 heavy (non-hydrogen) atoms. The minimum absolute atomic E-state index is 0.466. The van der Waals surface area contributed by atoms with Crippen LogP contribution in [0.1, 0.15) is 27.7 Å². The second-order valence-corrected chi connectivity index (χ2v) is 16.0. The Morgan fingerprint density at radius 1 is 1.00 bits per heavy atom. The molecule has 66 valence electrons. The lowest BCUT2D eigenvalue weighted by molar-refractivity contribution is 0.517. The van der Waals surface area contributed by atoms with Crippen molar-refractivity contribution in [3.05, 3.63) is 0 Å². The molecule has 0 aromatic heterocycles. The summed E-state index contributed by atoms with van der Waals surface area (Å²) < 4.78 is 0.466. The molecule has 1 heterocycles. The van der Waals surface area contributed by atoms with E-state index < -0.39 is 7.22 Å². The van der Waals surface area contributed by atoms with Crippen molar-refractivity contribution in [3.8, 4) is 0 Å². The average Bonchev–Trinajstić information content (AvgIpc) is 1.93. The molecule has 3 heteroatoms. The molecule has 0 bridgehead atoms. The van der Waals surface area contributed by atoms with E-state index in [0.717, 1.165) is 0 Å². The lowest BCUT2D eigenvalue weighted by Crippen LogP contribution is -2.41. The van der Waals surface area contributed by atoms with Crippen LogP contribution in [-0.4, -0.2) is 12.0 Å². The van der Waals surface area contributed by atoms with Crippen LogP contribution in [0.5, 0.6) is 0 Å². The maximum Gasteiger partial charge on any atom is 0.132 e. The monoisotopic (exact) mass is 206 g/mol. The second-order valence-electron chi connectivity index (χ2n) is 4.81. The molecule has 0 aliphatic carbocycles. The Kier molecular flexibility index (Phi) is 2.23. The van der Waals surface area contributed by atoms with E-state index in [1.807, 2.05) is 0 Å². The van der Waals surface area contributed by atoms with Crippen LogP contribution in [0.2, 0.25) is 18.1 Å². The third-order valence-electron chi connectivity index (χ3n) is 3.47. The highest BCUT2D eigenvalue weighted by atomic mass is 33.2. The summed E-state index contributed by atoms with van der Waals surface area (Å²) >= 11 is 0. The molecule has 1 fully saturated rings. The number of hydrogen-bond acceptors (Lipinski definition) is 2. The average molecular weight is 206 g/mol. The smallest absolute Gasteiger partial charge is 0.120 e. The van der Waals surface area contributed by atoms with Crippen LogP contribution < -0.4 is 0 Å². The van der Waals surface area contributed by atoms with Crippen LogP contribution in [0.4, 0.5) is 0 Å². The molecule has 0 N–H and O–H groups in total. The lowest BCUT2D eigenvalue weighted by Gasteiger charge is -2.39. The molecule has 0 aromatic carbocycles. The molecule has 1 rings (SSSR count). The zero-order valence-corrected chi connectivity index (χ0v) is 10.9. The summed E-state index contributed by atoms with van der Waals surface area (Å²) in [6, 6.07) is 0. The Balaban J connectivity index is 3.00. The van der Waals surface area contributed by atoms with Crippen LogP contribution >= 0.6 is 21.0 Å². The molecule has 1 aliphatic rings. The van der Waals surface area contributed by atoms with Gasteiger partial charge in [-0.2, -0.15) is 0 Å². The third kappa shape index (κ3) is 1.29. The van der Waals surface area contributed by atoms with E-state index in [-0.39, 0.29) is 0 Å². The van der Waals surface area contributed by atoms with Crippen molar-refractivity contribution >= 4 is 28.3 Å². The normalized spacial score (nSPS) is 32.2. The van der Waals surface area contributed by atoms with Crippen molar-refractivity contribution in [3.63, 3.8) is 0 Å². The summed E-state index contributed by atoms with van der Waals surface area (Å²) in [4.78, 5) is 0. The summed E-state index contributed by atoms with van der Waals surface area (Å²) in [7, 11) is 3.24. The maximum absolute atomic E-state index is 2.49. The van der Waals surface area contributed by atoms with Gasteiger partial charge < -0.3 is 0 Å². The molecule has 0 amide bonds. The predicted molar refractivity (Wildman–Crippen MR) is 60.8 cm³/mol.